The lowest BCUT2D eigenvalue weighted by Gasteiger charge is -2.48. The van der Waals surface area contributed by atoms with Crippen LogP contribution in [0.2, 0.25) is 0 Å². The molecule has 14 heteroatoms. The second-order valence-electron chi connectivity index (χ2n) is 6.69. The van der Waals surface area contributed by atoms with Crippen LogP contribution in [-0.4, -0.2) is 86.2 Å². The topological polar surface area (TPSA) is 196 Å². The summed E-state index contributed by atoms with van der Waals surface area (Å²) < 4.78 is 30.4. The molecule has 0 aromatic heterocycles. The SMILES string of the molecule is COC(=O)CNC(=O)[C@@]1(N)O[C@H](COC(C)=O)[C@H](OC(C)=O)[C@H](OC(C)=O)[C@H]1OC(C)=O. The Morgan fingerprint density at radius 1 is 0.875 bits per heavy atom. The molecule has 1 saturated heterocycles. The molecule has 1 rings (SSSR count). The Balaban J connectivity index is 3.48. The lowest BCUT2D eigenvalue weighted by molar-refractivity contribution is -0.277. The quantitative estimate of drug-likeness (QED) is 0.288. The summed E-state index contributed by atoms with van der Waals surface area (Å²) in [7, 11) is 1.08. The Morgan fingerprint density at radius 3 is 1.88 bits per heavy atom. The summed E-state index contributed by atoms with van der Waals surface area (Å²) in [6.07, 6.45) is -6.36. The van der Waals surface area contributed by atoms with Crippen molar-refractivity contribution in [2.45, 2.75) is 57.8 Å². The third-order valence-corrected chi connectivity index (χ3v) is 4.08. The zero-order valence-corrected chi connectivity index (χ0v) is 18.2. The minimum Gasteiger partial charge on any atom is -0.468 e. The van der Waals surface area contributed by atoms with Gasteiger partial charge in [-0.3, -0.25) is 34.5 Å². The van der Waals surface area contributed by atoms with Crippen LogP contribution < -0.4 is 11.1 Å². The van der Waals surface area contributed by atoms with Crippen LogP contribution in [0.1, 0.15) is 27.7 Å². The van der Waals surface area contributed by atoms with Crippen LogP contribution in [0.15, 0.2) is 0 Å². The molecule has 14 nitrogen and oxygen atoms in total. The second-order valence-corrected chi connectivity index (χ2v) is 6.69. The third-order valence-electron chi connectivity index (χ3n) is 4.08. The molecule has 0 aromatic rings. The van der Waals surface area contributed by atoms with E-state index < -0.39 is 79.0 Å². The van der Waals surface area contributed by atoms with Gasteiger partial charge in [-0.2, -0.15) is 0 Å². The van der Waals surface area contributed by atoms with Crippen LogP contribution >= 0.6 is 0 Å². The molecule has 0 aliphatic carbocycles. The lowest BCUT2D eigenvalue weighted by atomic mass is 9.89. The van der Waals surface area contributed by atoms with E-state index in [-0.39, 0.29) is 0 Å². The second kappa shape index (κ2) is 11.4. The van der Waals surface area contributed by atoms with Crippen LogP contribution in [0.3, 0.4) is 0 Å². The number of hydrogen-bond acceptors (Lipinski definition) is 13. The number of methoxy groups -OCH3 is 1. The van der Waals surface area contributed by atoms with Crippen molar-refractivity contribution in [2.24, 2.45) is 5.73 Å². The van der Waals surface area contributed by atoms with Crippen molar-refractivity contribution in [2.75, 3.05) is 20.3 Å². The van der Waals surface area contributed by atoms with Gasteiger partial charge in [-0.1, -0.05) is 0 Å². The molecule has 32 heavy (non-hydrogen) atoms. The van der Waals surface area contributed by atoms with Gasteiger partial charge < -0.3 is 33.7 Å². The fourth-order valence-corrected chi connectivity index (χ4v) is 2.87. The van der Waals surface area contributed by atoms with Gasteiger partial charge in [0.05, 0.1) is 7.11 Å². The summed E-state index contributed by atoms with van der Waals surface area (Å²) in [5.41, 5.74) is 3.59. The van der Waals surface area contributed by atoms with Crippen LogP contribution in [0, 0.1) is 0 Å². The standard InChI is InChI=1S/C18H26N2O12/c1-8(21)28-7-12-14(29-9(2)22)15(30-10(3)23)16(31-11(4)24)18(19,32-12)17(26)20-6-13(25)27-5/h12,14-16H,6-7,19H2,1-5H3,(H,20,26)/t12-,14+,15+,16-,18+/m1/s1. The average molecular weight is 462 g/mol. The normalized spacial score (nSPS) is 26.8. The predicted molar refractivity (Wildman–Crippen MR) is 100 cm³/mol. The Labute approximate surface area is 182 Å². The zero-order chi connectivity index (χ0) is 24.6. The average Bonchev–Trinajstić information content (AvgIpc) is 2.68. The van der Waals surface area contributed by atoms with Gasteiger partial charge in [0.25, 0.3) is 5.91 Å². The maximum atomic E-state index is 12.9. The van der Waals surface area contributed by atoms with E-state index in [2.05, 4.69) is 10.1 Å². The van der Waals surface area contributed by atoms with E-state index in [1.807, 2.05) is 0 Å². The number of hydrogen-bond donors (Lipinski definition) is 2. The molecule has 1 aliphatic heterocycles. The van der Waals surface area contributed by atoms with Gasteiger partial charge in [-0.15, -0.1) is 0 Å². The van der Waals surface area contributed by atoms with E-state index >= 15 is 0 Å². The molecule has 1 aliphatic rings. The number of nitrogens with two attached hydrogens (primary N) is 1. The van der Waals surface area contributed by atoms with Crippen molar-refractivity contribution >= 4 is 35.8 Å². The maximum Gasteiger partial charge on any atom is 0.325 e. The van der Waals surface area contributed by atoms with E-state index in [0.717, 1.165) is 34.8 Å². The van der Waals surface area contributed by atoms with Crippen molar-refractivity contribution in [3.8, 4) is 0 Å². The molecule has 3 N–H and O–H groups in total. The number of amides is 1. The first-order valence-corrected chi connectivity index (χ1v) is 9.28. The summed E-state index contributed by atoms with van der Waals surface area (Å²) in [6, 6.07) is 0. The third kappa shape index (κ3) is 7.16. The molecule has 180 valence electrons. The summed E-state index contributed by atoms with van der Waals surface area (Å²) in [4.78, 5) is 70.7. The van der Waals surface area contributed by atoms with Crippen molar-refractivity contribution < 1.29 is 57.2 Å². The van der Waals surface area contributed by atoms with E-state index in [1.165, 1.54) is 0 Å². The Bertz CT molecular complexity index is 769. The molecule has 0 saturated carbocycles. The summed E-state index contributed by atoms with van der Waals surface area (Å²) in [5, 5.41) is 2.15. The van der Waals surface area contributed by atoms with Crippen LogP contribution in [0.4, 0.5) is 0 Å². The molecular weight excluding hydrogens is 436 g/mol. The largest absolute Gasteiger partial charge is 0.468 e. The van der Waals surface area contributed by atoms with Crippen LogP contribution in [-0.2, 0) is 57.2 Å². The zero-order valence-electron chi connectivity index (χ0n) is 18.2. The number of carbonyl (C=O) groups excluding carboxylic acids is 6. The lowest BCUT2D eigenvalue weighted by Crippen LogP contribution is -2.76. The highest BCUT2D eigenvalue weighted by atomic mass is 16.7. The van der Waals surface area contributed by atoms with Crippen molar-refractivity contribution in [1.29, 1.82) is 0 Å². The summed E-state index contributed by atoms with van der Waals surface area (Å²) in [5.74, 6) is -5.39. The monoisotopic (exact) mass is 462 g/mol. The maximum absolute atomic E-state index is 12.9. The molecule has 0 bridgehead atoms. The van der Waals surface area contributed by atoms with Crippen molar-refractivity contribution in [3.05, 3.63) is 0 Å². The number of nitrogens with one attached hydrogen (secondary N) is 1. The van der Waals surface area contributed by atoms with Crippen LogP contribution in [0.5, 0.6) is 0 Å². The molecule has 0 radical (unpaired) electrons. The first-order chi connectivity index (χ1) is 14.8. The number of ether oxygens (including phenoxy) is 6. The summed E-state index contributed by atoms with van der Waals surface area (Å²) in [6.45, 7) is 2.95. The molecule has 5 atom stereocenters. The number of esters is 5. The van der Waals surface area contributed by atoms with E-state index in [1.54, 1.807) is 0 Å². The van der Waals surface area contributed by atoms with E-state index in [4.69, 9.17) is 29.4 Å². The van der Waals surface area contributed by atoms with Gasteiger partial charge in [-0.25, -0.2) is 0 Å². The fraction of sp³-hybridized carbons (Fsp3) is 0.667. The predicted octanol–water partition coefficient (Wildman–Crippen LogP) is -2.31. The Hall–Kier alpha value is -3.26. The number of carbonyl (C=O) groups is 6. The van der Waals surface area contributed by atoms with Gasteiger partial charge in [0.1, 0.15) is 19.3 Å². The highest BCUT2D eigenvalue weighted by molar-refractivity contribution is 5.89. The smallest absolute Gasteiger partial charge is 0.325 e. The van der Waals surface area contributed by atoms with Gasteiger partial charge >= 0.3 is 29.8 Å². The molecular formula is C18H26N2O12. The van der Waals surface area contributed by atoms with E-state index in [0.29, 0.717) is 0 Å². The van der Waals surface area contributed by atoms with Crippen LogP contribution in [0.25, 0.3) is 0 Å². The summed E-state index contributed by atoms with van der Waals surface area (Å²) >= 11 is 0. The minimum atomic E-state index is -2.55. The molecule has 1 amide bonds. The Morgan fingerprint density at radius 2 is 1.41 bits per heavy atom. The van der Waals surface area contributed by atoms with Crippen molar-refractivity contribution in [3.63, 3.8) is 0 Å². The first-order valence-electron chi connectivity index (χ1n) is 9.28. The van der Waals surface area contributed by atoms with Gasteiger partial charge in [0, 0.05) is 27.7 Å². The molecule has 0 aromatic carbocycles. The first kappa shape index (κ1) is 26.8. The number of rotatable bonds is 8. The Kier molecular flexibility index (Phi) is 9.53. The minimum absolute atomic E-state index is 0.568. The molecule has 0 spiro atoms. The van der Waals surface area contributed by atoms with Gasteiger partial charge in [0.2, 0.25) is 5.72 Å². The fourth-order valence-electron chi connectivity index (χ4n) is 2.87. The van der Waals surface area contributed by atoms with Crippen molar-refractivity contribution in [1.82, 2.24) is 5.32 Å². The van der Waals surface area contributed by atoms with E-state index in [9.17, 15) is 28.8 Å². The van der Waals surface area contributed by atoms with Gasteiger partial charge in [0.15, 0.2) is 18.3 Å². The highest BCUT2D eigenvalue weighted by Gasteiger charge is 2.62. The molecule has 0 unspecified atom stereocenters. The molecule has 1 heterocycles. The van der Waals surface area contributed by atoms with Gasteiger partial charge in [-0.05, 0) is 0 Å². The highest BCUT2D eigenvalue weighted by Crippen LogP contribution is 2.33. The molecule has 1 fully saturated rings.